The summed E-state index contributed by atoms with van der Waals surface area (Å²) >= 11 is 12.0. The van der Waals surface area contributed by atoms with Crippen molar-refractivity contribution in [2.24, 2.45) is 0 Å². The lowest BCUT2D eigenvalue weighted by Crippen LogP contribution is -2.37. The predicted octanol–water partition coefficient (Wildman–Crippen LogP) is 4.34. The number of aliphatic hydroxyl groups is 2. The minimum absolute atomic E-state index is 0.178. The number of fused-ring (bicyclic) bond motifs is 2. The van der Waals surface area contributed by atoms with Crippen LogP contribution in [0.3, 0.4) is 0 Å². The molecule has 2 heterocycles. The molecule has 0 aliphatic heterocycles. The Morgan fingerprint density at radius 1 is 0.700 bits per heavy atom. The van der Waals surface area contributed by atoms with E-state index in [1.54, 1.807) is 36.7 Å². The lowest BCUT2D eigenvalue weighted by Gasteiger charge is -2.20. The van der Waals surface area contributed by atoms with Gasteiger partial charge in [0.05, 0.1) is 23.2 Å². The van der Waals surface area contributed by atoms with Gasteiger partial charge in [-0.1, -0.05) is 23.2 Å². The van der Waals surface area contributed by atoms with Crippen molar-refractivity contribution >= 4 is 56.4 Å². The summed E-state index contributed by atoms with van der Waals surface area (Å²) in [6, 6.07) is 14.5. The first-order valence-electron chi connectivity index (χ1n) is 9.43. The molecule has 30 heavy (non-hydrogen) atoms. The smallest absolute Gasteiger partial charge is 0.0988 e. The van der Waals surface area contributed by atoms with Crippen LogP contribution in [0.15, 0.2) is 60.9 Å². The molecule has 0 unspecified atom stereocenters. The van der Waals surface area contributed by atoms with Gasteiger partial charge in [-0.3, -0.25) is 9.97 Å². The second kappa shape index (κ2) is 9.02. The maximum Gasteiger partial charge on any atom is 0.0988 e. The molecule has 2 atom stereocenters. The molecule has 2 aromatic heterocycles. The molecule has 0 bridgehead atoms. The number of hydrogen-bond acceptors (Lipinski definition) is 6. The van der Waals surface area contributed by atoms with E-state index in [1.807, 2.05) is 24.3 Å². The molecule has 0 saturated carbocycles. The average Bonchev–Trinajstić information content (AvgIpc) is 2.75. The molecule has 4 aromatic rings. The van der Waals surface area contributed by atoms with E-state index in [1.165, 1.54) is 0 Å². The number of anilines is 2. The third-order valence-electron chi connectivity index (χ3n) is 4.86. The van der Waals surface area contributed by atoms with Gasteiger partial charge in [-0.15, -0.1) is 0 Å². The van der Waals surface area contributed by atoms with Gasteiger partial charge in [-0.05, 0) is 48.5 Å². The Morgan fingerprint density at radius 3 is 1.57 bits per heavy atom. The molecule has 6 nitrogen and oxygen atoms in total. The van der Waals surface area contributed by atoms with E-state index in [4.69, 9.17) is 23.2 Å². The molecule has 0 radical (unpaired) electrons. The molecule has 2 aromatic carbocycles. The largest absolute Gasteiger partial charge is 0.389 e. The van der Waals surface area contributed by atoms with Crippen LogP contribution in [0.5, 0.6) is 0 Å². The van der Waals surface area contributed by atoms with E-state index in [9.17, 15) is 10.2 Å². The van der Waals surface area contributed by atoms with Crippen molar-refractivity contribution < 1.29 is 10.2 Å². The van der Waals surface area contributed by atoms with Crippen molar-refractivity contribution in [1.29, 1.82) is 0 Å². The van der Waals surface area contributed by atoms with Crippen LogP contribution in [-0.4, -0.2) is 45.5 Å². The minimum atomic E-state index is -0.976. The highest BCUT2D eigenvalue weighted by atomic mass is 35.5. The first-order chi connectivity index (χ1) is 14.5. The summed E-state index contributed by atoms with van der Waals surface area (Å²) in [6.07, 6.45) is 1.39. The number of halogens is 2. The van der Waals surface area contributed by atoms with Gasteiger partial charge >= 0.3 is 0 Å². The third-order valence-corrected chi connectivity index (χ3v) is 5.33. The molecule has 0 aliphatic rings. The molecule has 0 aliphatic carbocycles. The fourth-order valence-corrected chi connectivity index (χ4v) is 3.58. The molecule has 0 fully saturated rings. The lowest BCUT2D eigenvalue weighted by atomic mass is 10.1. The summed E-state index contributed by atoms with van der Waals surface area (Å²) in [4.78, 5) is 8.60. The summed E-state index contributed by atoms with van der Waals surface area (Å²) < 4.78 is 0. The first-order valence-corrected chi connectivity index (χ1v) is 10.2. The minimum Gasteiger partial charge on any atom is -0.389 e. The van der Waals surface area contributed by atoms with Crippen molar-refractivity contribution in [3.05, 3.63) is 71.0 Å². The Kier molecular flexibility index (Phi) is 6.20. The Morgan fingerprint density at radius 2 is 1.13 bits per heavy atom. The number of nitrogens with one attached hydrogen (secondary N) is 2. The highest BCUT2D eigenvalue weighted by molar-refractivity contribution is 6.31. The van der Waals surface area contributed by atoms with Crippen LogP contribution >= 0.6 is 23.2 Å². The maximum atomic E-state index is 10.4. The Hall–Kier alpha value is -2.64. The van der Waals surface area contributed by atoms with E-state index in [2.05, 4.69) is 20.6 Å². The number of aromatic nitrogens is 2. The molecular weight excluding hydrogens is 423 g/mol. The molecule has 4 rings (SSSR count). The fourth-order valence-electron chi connectivity index (χ4n) is 3.25. The van der Waals surface area contributed by atoms with E-state index in [-0.39, 0.29) is 13.1 Å². The van der Waals surface area contributed by atoms with Crippen LogP contribution in [0, 0.1) is 0 Å². The summed E-state index contributed by atoms with van der Waals surface area (Å²) in [5.41, 5.74) is 3.14. The van der Waals surface area contributed by atoms with Crippen LogP contribution < -0.4 is 10.6 Å². The van der Waals surface area contributed by atoms with Gasteiger partial charge in [0, 0.05) is 57.7 Å². The highest BCUT2D eigenvalue weighted by Crippen LogP contribution is 2.25. The second-order valence-corrected chi connectivity index (χ2v) is 7.81. The number of aliphatic hydroxyl groups excluding tert-OH is 2. The Bertz CT molecular complexity index is 1100. The van der Waals surface area contributed by atoms with Gasteiger partial charge in [0.1, 0.15) is 0 Å². The Labute approximate surface area is 183 Å². The number of nitrogens with zero attached hydrogens (tertiary/aromatic N) is 2. The van der Waals surface area contributed by atoms with E-state index in [0.29, 0.717) is 10.0 Å². The molecule has 8 heteroatoms. The van der Waals surface area contributed by atoms with Gasteiger partial charge in [-0.2, -0.15) is 0 Å². The van der Waals surface area contributed by atoms with E-state index < -0.39 is 12.2 Å². The van der Waals surface area contributed by atoms with Crippen LogP contribution in [0.4, 0.5) is 11.4 Å². The molecule has 0 amide bonds. The molecule has 154 valence electrons. The zero-order chi connectivity index (χ0) is 21.1. The van der Waals surface area contributed by atoms with E-state index in [0.717, 1.165) is 33.2 Å². The average molecular weight is 443 g/mol. The first kappa shape index (κ1) is 20.6. The molecular formula is C22H20Cl2N4O2. The topological polar surface area (TPSA) is 90.3 Å². The Balaban J connectivity index is 1.39. The predicted molar refractivity (Wildman–Crippen MR) is 122 cm³/mol. The SMILES string of the molecule is O[C@H](CNc1ccnc2cc(Cl)ccc12)[C@H](O)CNc1ccnc2cc(Cl)ccc12. The van der Waals surface area contributed by atoms with Gasteiger partial charge in [0.25, 0.3) is 0 Å². The second-order valence-electron chi connectivity index (χ2n) is 6.94. The third kappa shape index (κ3) is 4.57. The zero-order valence-electron chi connectivity index (χ0n) is 15.9. The van der Waals surface area contributed by atoms with Crippen LogP contribution in [0.25, 0.3) is 21.8 Å². The van der Waals surface area contributed by atoms with Crippen molar-refractivity contribution in [2.75, 3.05) is 23.7 Å². The van der Waals surface area contributed by atoms with Crippen molar-refractivity contribution in [3.63, 3.8) is 0 Å². The quantitative estimate of drug-likeness (QED) is 0.340. The van der Waals surface area contributed by atoms with Gasteiger partial charge in [0.15, 0.2) is 0 Å². The van der Waals surface area contributed by atoms with Crippen LogP contribution in [0.2, 0.25) is 10.0 Å². The highest BCUT2D eigenvalue weighted by Gasteiger charge is 2.17. The van der Waals surface area contributed by atoms with Gasteiger partial charge in [-0.25, -0.2) is 0 Å². The number of benzene rings is 2. The maximum absolute atomic E-state index is 10.4. The summed E-state index contributed by atoms with van der Waals surface area (Å²) in [6.45, 7) is 0.356. The number of rotatable bonds is 7. The van der Waals surface area contributed by atoms with Gasteiger partial charge in [0.2, 0.25) is 0 Å². The zero-order valence-corrected chi connectivity index (χ0v) is 17.4. The lowest BCUT2D eigenvalue weighted by molar-refractivity contribution is 0.0363. The van der Waals surface area contributed by atoms with Crippen molar-refractivity contribution in [1.82, 2.24) is 9.97 Å². The molecule has 0 spiro atoms. The standard InChI is InChI=1S/C22H20Cl2N4O2/c23-13-1-3-15-17(5-7-25-19(15)9-13)27-11-21(29)22(30)12-28-18-6-8-26-20-10-14(24)2-4-16(18)20/h1-10,21-22,29-30H,11-12H2,(H,25,27)(H,26,28)/t21-,22-/m1/s1. The van der Waals surface area contributed by atoms with Crippen LogP contribution in [-0.2, 0) is 0 Å². The van der Waals surface area contributed by atoms with Crippen molar-refractivity contribution in [3.8, 4) is 0 Å². The summed E-state index contributed by atoms with van der Waals surface area (Å²) in [5.74, 6) is 0. The van der Waals surface area contributed by atoms with Crippen LogP contribution in [0.1, 0.15) is 0 Å². The summed E-state index contributed by atoms with van der Waals surface area (Å²) in [7, 11) is 0. The number of hydrogen-bond donors (Lipinski definition) is 4. The monoisotopic (exact) mass is 442 g/mol. The summed E-state index contributed by atoms with van der Waals surface area (Å²) in [5, 5.41) is 30.2. The van der Waals surface area contributed by atoms with Crippen molar-refractivity contribution in [2.45, 2.75) is 12.2 Å². The molecule has 0 saturated heterocycles. The van der Waals surface area contributed by atoms with E-state index >= 15 is 0 Å². The molecule has 4 N–H and O–H groups in total. The fraction of sp³-hybridized carbons (Fsp3) is 0.182. The number of pyridine rings is 2. The van der Waals surface area contributed by atoms with Gasteiger partial charge < -0.3 is 20.8 Å². The normalized spacial score (nSPS) is 13.3.